The van der Waals surface area contributed by atoms with Crippen molar-refractivity contribution in [3.8, 4) is 5.75 Å². The van der Waals surface area contributed by atoms with E-state index >= 15 is 0 Å². The number of ether oxygens (including phenoxy) is 1. The molecule has 0 N–H and O–H groups in total. The first-order valence-corrected chi connectivity index (χ1v) is 6.93. The van der Waals surface area contributed by atoms with Crippen LogP contribution in [0, 0.1) is 0 Å². The summed E-state index contributed by atoms with van der Waals surface area (Å²) in [6.07, 6.45) is 2.38. The van der Waals surface area contributed by atoms with Gasteiger partial charge in [0.05, 0.1) is 18.3 Å². The topological polar surface area (TPSA) is 44.1 Å². The van der Waals surface area contributed by atoms with Crippen LogP contribution in [0.4, 0.5) is 0 Å². The molecule has 0 spiro atoms. The number of ketones is 1. The van der Waals surface area contributed by atoms with Crippen LogP contribution in [0.25, 0.3) is 0 Å². The number of aromatic nitrogens is 2. The Hall–Kier alpha value is -1.52. The molecular formula is C14H14Cl2N2O2. The highest BCUT2D eigenvalue weighted by Gasteiger charge is 2.22. The first-order valence-electron chi connectivity index (χ1n) is 6.18. The van der Waals surface area contributed by atoms with E-state index in [0.29, 0.717) is 33.6 Å². The van der Waals surface area contributed by atoms with E-state index in [1.54, 1.807) is 22.9 Å². The van der Waals surface area contributed by atoms with Crippen LogP contribution < -0.4 is 4.74 Å². The predicted molar refractivity (Wildman–Crippen MR) is 79.0 cm³/mol. The maximum absolute atomic E-state index is 12.7. The Balaban J connectivity index is 2.52. The Bertz CT molecular complexity index is 638. The Morgan fingerprint density at radius 2 is 2.15 bits per heavy atom. The third-order valence-electron chi connectivity index (χ3n) is 2.85. The monoisotopic (exact) mass is 312 g/mol. The Kier molecular flexibility index (Phi) is 4.68. The summed E-state index contributed by atoms with van der Waals surface area (Å²) in [5, 5.41) is 4.98. The van der Waals surface area contributed by atoms with E-state index in [9.17, 15) is 4.79 Å². The van der Waals surface area contributed by atoms with Gasteiger partial charge in [-0.3, -0.25) is 9.48 Å². The molecule has 20 heavy (non-hydrogen) atoms. The van der Waals surface area contributed by atoms with Crippen LogP contribution >= 0.6 is 23.2 Å². The second-order valence-corrected chi connectivity index (χ2v) is 5.08. The molecule has 0 amide bonds. The molecule has 0 unspecified atom stereocenters. The molecule has 0 aliphatic rings. The number of carbonyl (C=O) groups is 1. The molecule has 0 aliphatic heterocycles. The van der Waals surface area contributed by atoms with E-state index in [-0.39, 0.29) is 5.78 Å². The molecule has 1 aromatic heterocycles. The van der Waals surface area contributed by atoms with E-state index in [2.05, 4.69) is 5.10 Å². The first kappa shape index (κ1) is 14.9. The van der Waals surface area contributed by atoms with Crippen LogP contribution in [-0.2, 0) is 6.54 Å². The number of methoxy groups -OCH3 is 1. The molecule has 0 aliphatic carbocycles. The molecule has 4 nitrogen and oxygen atoms in total. The summed E-state index contributed by atoms with van der Waals surface area (Å²) in [6.45, 7) is 2.64. The summed E-state index contributed by atoms with van der Waals surface area (Å²) in [5.41, 5.74) is 0.730. The number of aryl methyl sites for hydroxylation is 1. The third kappa shape index (κ3) is 2.81. The minimum absolute atomic E-state index is 0.250. The summed E-state index contributed by atoms with van der Waals surface area (Å²) in [7, 11) is 1.50. The number of benzene rings is 1. The molecule has 0 radical (unpaired) electrons. The van der Waals surface area contributed by atoms with Crippen LogP contribution in [0.15, 0.2) is 24.4 Å². The standard InChI is InChI=1S/C14H14Cl2N2O2/c1-3-6-18-13(12(20-2)8-17-18)14(19)10-7-9(15)4-5-11(10)16/h4-5,7-8H,3,6H2,1-2H3. The maximum Gasteiger partial charge on any atom is 0.216 e. The minimum Gasteiger partial charge on any atom is -0.493 e. The van der Waals surface area contributed by atoms with Crippen molar-refractivity contribution >= 4 is 29.0 Å². The lowest BCUT2D eigenvalue weighted by Gasteiger charge is -2.09. The fourth-order valence-corrected chi connectivity index (χ4v) is 2.30. The van der Waals surface area contributed by atoms with Crippen LogP contribution in [0.3, 0.4) is 0 Å². The minimum atomic E-state index is -0.250. The lowest BCUT2D eigenvalue weighted by atomic mass is 10.1. The molecule has 106 valence electrons. The van der Waals surface area contributed by atoms with E-state index in [0.717, 1.165) is 6.42 Å². The van der Waals surface area contributed by atoms with E-state index in [1.165, 1.54) is 13.3 Å². The molecule has 0 saturated carbocycles. The summed E-state index contributed by atoms with van der Waals surface area (Å²) in [5.74, 6) is 0.180. The first-order chi connectivity index (χ1) is 9.58. The normalized spacial score (nSPS) is 10.6. The van der Waals surface area contributed by atoms with Crippen molar-refractivity contribution in [2.24, 2.45) is 0 Å². The molecule has 2 aromatic rings. The maximum atomic E-state index is 12.7. The Labute approximate surface area is 127 Å². The molecule has 0 atom stereocenters. The summed E-state index contributed by atoms with van der Waals surface area (Å²) < 4.78 is 6.83. The van der Waals surface area contributed by atoms with Gasteiger partial charge in [-0.05, 0) is 24.6 Å². The molecule has 1 aromatic carbocycles. The molecular weight excluding hydrogens is 299 g/mol. The SMILES string of the molecule is CCCn1ncc(OC)c1C(=O)c1cc(Cl)ccc1Cl. The number of hydrogen-bond donors (Lipinski definition) is 0. The summed E-state index contributed by atoms with van der Waals surface area (Å²) >= 11 is 12.0. The average Bonchev–Trinajstić information content (AvgIpc) is 2.84. The van der Waals surface area contributed by atoms with Gasteiger partial charge in [0.1, 0.15) is 0 Å². The summed E-state index contributed by atoms with van der Waals surface area (Å²) in [4.78, 5) is 12.7. The Morgan fingerprint density at radius 1 is 1.40 bits per heavy atom. The van der Waals surface area contributed by atoms with Gasteiger partial charge in [0.25, 0.3) is 0 Å². The van der Waals surface area contributed by atoms with E-state index in [1.807, 2.05) is 6.92 Å². The van der Waals surface area contributed by atoms with Crippen molar-refractivity contribution in [3.05, 3.63) is 45.7 Å². The number of hydrogen-bond acceptors (Lipinski definition) is 3. The highest BCUT2D eigenvalue weighted by atomic mass is 35.5. The second kappa shape index (κ2) is 6.29. The number of carbonyl (C=O) groups excluding carboxylic acids is 1. The van der Waals surface area contributed by atoms with Gasteiger partial charge >= 0.3 is 0 Å². The zero-order valence-corrected chi connectivity index (χ0v) is 12.7. The number of rotatable bonds is 5. The zero-order chi connectivity index (χ0) is 14.7. The average molecular weight is 313 g/mol. The van der Waals surface area contributed by atoms with Crippen LogP contribution in [-0.4, -0.2) is 22.7 Å². The van der Waals surface area contributed by atoms with Gasteiger partial charge in [-0.15, -0.1) is 0 Å². The molecule has 0 fully saturated rings. The van der Waals surface area contributed by atoms with Gasteiger partial charge < -0.3 is 4.74 Å². The van der Waals surface area contributed by atoms with Gasteiger partial charge in [0, 0.05) is 17.1 Å². The van der Waals surface area contributed by atoms with Gasteiger partial charge in [0.2, 0.25) is 5.78 Å². The Morgan fingerprint density at radius 3 is 2.80 bits per heavy atom. The third-order valence-corrected chi connectivity index (χ3v) is 3.41. The predicted octanol–water partition coefficient (Wildman–Crippen LogP) is 3.84. The number of halogens is 2. The molecule has 0 saturated heterocycles. The second-order valence-electron chi connectivity index (χ2n) is 4.24. The quantitative estimate of drug-likeness (QED) is 0.788. The molecule has 6 heteroatoms. The summed E-state index contributed by atoms with van der Waals surface area (Å²) in [6, 6.07) is 4.79. The van der Waals surface area contributed by atoms with Gasteiger partial charge in [-0.25, -0.2) is 0 Å². The number of nitrogens with zero attached hydrogens (tertiary/aromatic N) is 2. The fourth-order valence-electron chi connectivity index (χ4n) is 1.93. The van der Waals surface area contributed by atoms with Gasteiger partial charge in [-0.1, -0.05) is 30.1 Å². The van der Waals surface area contributed by atoms with Crippen LogP contribution in [0.5, 0.6) is 5.75 Å². The van der Waals surface area contributed by atoms with E-state index < -0.39 is 0 Å². The van der Waals surface area contributed by atoms with Crippen molar-refractivity contribution in [1.82, 2.24) is 9.78 Å². The lowest BCUT2D eigenvalue weighted by Crippen LogP contribution is -2.13. The van der Waals surface area contributed by atoms with Crippen molar-refractivity contribution in [2.45, 2.75) is 19.9 Å². The largest absolute Gasteiger partial charge is 0.493 e. The molecule has 1 heterocycles. The molecule has 2 rings (SSSR count). The van der Waals surface area contributed by atoms with Crippen molar-refractivity contribution < 1.29 is 9.53 Å². The van der Waals surface area contributed by atoms with E-state index in [4.69, 9.17) is 27.9 Å². The highest BCUT2D eigenvalue weighted by Crippen LogP contribution is 2.27. The molecule has 0 bridgehead atoms. The zero-order valence-electron chi connectivity index (χ0n) is 11.2. The highest BCUT2D eigenvalue weighted by molar-refractivity contribution is 6.36. The van der Waals surface area contributed by atoms with Crippen molar-refractivity contribution in [3.63, 3.8) is 0 Å². The van der Waals surface area contributed by atoms with Crippen LogP contribution in [0.2, 0.25) is 10.0 Å². The van der Waals surface area contributed by atoms with Gasteiger partial charge in [-0.2, -0.15) is 5.10 Å². The van der Waals surface area contributed by atoms with Gasteiger partial charge in [0.15, 0.2) is 11.4 Å². The fraction of sp³-hybridized carbons (Fsp3) is 0.286. The van der Waals surface area contributed by atoms with Crippen molar-refractivity contribution in [2.75, 3.05) is 7.11 Å². The lowest BCUT2D eigenvalue weighted by molar-refractivity contribution is 0.102. The smallest absolute Gasteiger partial charge is 0.216 e. The van der Waals surface area contributed by atoms with Crippen LogP contribution in [0.1, 0.15) is 29.4 Å². The van der Waals surface area contributed by atoms with Crippen molar-refractivity contribution in [1.29, 1.82) is 0 Å².